The number of hydrogen-bond acceptors (Lipinski definition) is 4. The number of amides is 2. The zero-order valence-electron chi connectivity index (χ0n) is 11.6. The van der Waals surface area contributed by atoms with Crippen LogP contribution >= 0.6 is 0 Å². The molecule has 1 aliphatic rings. The molecular formula is C13H24N2O4. The lowest BCUT2D eigenvalue weighted by atomic mass is 10.2. The zero-order valence-corrected chi connectivity index (χ0v) is 11.6. The van der Waals surface area contributed by atoms with E-state index in [-0.39, 0.29) is 36.8 Å². The molecule has 6 heteroatoms. The van der Waals surface area contributed by atoms with Gasteiger partial charge in [0.05, 0.1) is 12.6 Å². The average Bonchev–Trinajstić information content (AvgIpc) is 3.07. The van der Waals surface area contributed by atoms with Crippen molar-refractivity contribution in [3.05, 3.63) is 0 Å². The molecule has 0 radical (unpaired) electrons. The Bertz CT molecular complexity index is 303. The molecule has 6 nitrogen and oxygen atoms in total. The molecular weight excluding hydrogens is 248 g/mol. The molecule has 0 aromatic rings. The predicted octanol–water partition coefficient (Wildman–Crippen LogP) is -0.338. The molecule has 1 aliphatic carbocycles. The number of carbonyl (C=O) groups excluding carboxylic acids is 2. The van der Waals surface area contributed by atoms with Gasteiger partial charge in [-0.2, -0.15) is 0 Å². The maximum absolute atomic E-state index is 11.6. The predicted molar refractivity (Wildman–Crippen MR) is 70.4 cm³/mol. The van der Waals surface area contributed by atoms with Gasteiger partial charge in [0.1, 0.15) is 0 Å². The van der Waals surface area contributed by atoms with E-state index in [1.54, 1.807) is 7.11 Å². The van der Waals surface area contributed by atoms with Gasteiger partial charge in [0.2, 0.25) is 11.8 Å². The van der Waals surface area contributed by atoms with Crippen molar-refractivity contribution in [1.82, 2.24) is 10.6 Å². The minimum Gasteiger partial charge on any atom is -0.396 e. The van der Waals surface area contributed by atoms with Crippen LogP contribution in [0.4, 0.5) is 0 Å². The molecule has 110 valence electrons. The van der Waals surface area contributed by atoms with Crippen LogP contribution in [0.3, 0.4) is 0 Å². The van der Waals surface area contributed by atoms with Crippen molar-refractivity contribution >= 4 is 11.8 Å². The van der Waals surface area contributed by atoms with Crippen molar-refractivity contribution in [2.45, 2.75) is 32.2 Å². The van der Waals surface area contributed by atoms with E-state index < -0.39 is 0 Å². The van der Waals surface area contributed by atoms with E-state index in [2.05, 4.69) is 10.6 Å². The molecule has 0 heterocycles. The highest BCUT2D eigenvalue weighted by Crippen LogP contribution is 2.37. The van der Waals surface area contributed by atoms with Gasteiger partial charge in [-0.1, -0.05) is 6.92 Å². The minimum atomic E-state index is -0.179. The maximum Gasteiger partial charge on any atom is 0.223 e. The smallest absolute Gasteiger partial charge is 0.223 e. The van der Waals surface area contributed by atoms with E-state index in [0.29, 0.717) is 25.5 Å². The molecule has 3 unspecified atom stereocenters. The fourth-order valence-corrected chi connectivity index (χ4v) is 1.97. The molecule has 19 heavy (non-hydrogen) atoms. The Morgan fingerprint density at radius 1 is 1.47 bits per heavy atom. The second-order valence-corrected chi connectivity index (χ2v) is 5.09. The van der Waals surface area contributed by atoms with Crippen molar-refractivity contribution in [3.63, 3.8) is 0 Å². The summed E-state index contributed by atoms with van der Waals surface area (Å²) in [5, 5.41) is 14.4. The van der Waals surface area contributed by atoms with Gasteiger partial charge in [-0.25, -0.2) is 0 Å². The summed E-state index contributed by atoms with van der Waals surface area (Å²) in [5.74, 6) is 0.520. The quantitative estimate of drug-likeness (QED) is 0.536. The van der Waals surface area contributed by atoms with Crippen LogP contribution < -0.4 is 10.6 Å². The molecule has 1 saturated carbocycles. The van der Waals surface area contributed by atoms with Crippen LogP contribution in [0.1, 0.15) is 26.2 Å². The van der Waals surface area contributed by atoms with Crippen LogP contribution in [-0.2, 0) is 14.3 Å². The molecule has 3 atom stereocenters. The topological polar surface area (TPSA) is 87.7 Å². The second-order valence-electron chi connectivity index (χ2n) is 5.09. The van der Waals surface area contributed by atoms with Crippen molar-refractivity contribution in [1.29, 1.82) is 0 Å². The van der Waals surface area contributed by atoms with E-state index in [4.69, 9.17) is 9.84 Å². The molecule has 2 amide bonds. The third-order valence-corrected chi connectivity index (χ3v) is 3.31. The van der Waals surface area contributed by atoms with Crippen LogP contribution in [0, 0.1) is 11.8 Å². The second kappa shape index (κ2) is 8.12. The summed E-state index contributed by atoms with van der Waals surface area (Å²) in [6.07, 6.45) is 1.66. The molecule has 0 aromatic carbocycles. The first kappa shape index (κ1) is 15.9. The summed E-state index contributed by atoms with van der Waals surface area (Å²) in [5.41, 5.74) is 0. The summed E-state index contributed by atoms with van der Waals surface area (Å²) in [7, 11) is 1.55. The van der Waals surface area contributed by atoms with Crippen LogP contribution in [0.2, 0.25) is 0 Å². The monoisotopic (exact) mass is 272 g/mol. The van der Waals surface area contributed by atoms with Crippen LogP contribution in [0.25, 0.3) is 0 Å². The lowest BCUT2D eigenvalue weighted by Gasteiger charge is -2.16. The van der Waals surface area contributed by atoms with Gasteiger partial charge in [-0.05, 0) is 18.8 Å². The molecule has 0 aliphatic heterocycles. The minimum absolute atomic E-state index is 0.00457. The van der Waals surface area contributed by atoms with Crippen molar-refractivity contribution in [3.8, 4) is 0 Å². The first-order chi connectivity index (χ1) is 9.08. The largest absolute Gasteiger partial charge is 0.396 e. The molecule has 1 rings (SSSR count). The van der Waals surface area contributed by atoms with Crippen molar-refractivity contribution in [2.75, 3.05) is 26.9 Å². The van der Waals surface area contributed by atoms with Crippen molar-refractivity contribution in [2.24, 2.45) is 11.8 Å². The lowest BCUT2D eigenvalue weighted by molar-refractivity contribution is -0.123. The molecule has 0 spiro atoms. The highest BCUT2D eigenvalue weighted by atomic mass is 16.5. The fourth-order valence-electron chi connectivity index (χ4n) is 1.97. The highest BCUT2D eigenvalue weighted by Gasteiger charge is 2.38. The number of methoxy groups -OCH3 is 1. The summed E-state index contributed by atoms with van der Waals surface area (Å²) in [4.78, 5) is 23.2. The summed E-state index contributed by atoms with van der Waals surface area (Å²) in [6, 6.07) is -0.179. The zero-order chi connectivity index (χ0) is 14.3. The third kappa shape index (κ3) is 6.02. The third-order valence-electron chi connectivity index (χ3n) is 3.31. The van der Waals surface area contributed by atoms with Gasteiger partial charge < -0.3 is 20.5 Å². The maximum atomic E-state index is 11.6. The molecule has 1 fully saturated rings. The first-order valence-corrected chi connectivity index (χ1v) is 6.75. The fraction of sp³-hybridized carbons (Fsp3) is 0.846. The standard InChI is InChI=1S/C13H24N2O4/c1-9-7-11(9)13(18)14-5-3-12(17)15-10(4-6-16)8-19-2/h9-11,16H,3-8H2,1-2H3,(H,14,18)(H,15,17). The van der Waals surface area contributed by atoms with Crippen LogP contribution in [0.5, 0.6) is 0 Å². The molecule has 0 bridgehead atoms. The number of carbonyl (C=O) groups is 2. The number of rotatable bonds is 9. The number of aliphatic hydroxyl groups excluding tert-OH is 1. The Kier molecular flexibility index (Phi) is 6.80. The molecule has 3 N–H and O–H groups in total. The number of hydrogen-bond donors (Lipinski definition) is 3. The molecule has 0 aromatic heterocycles. The first-order valence-electron chi connectivity index (χ1n) is 6.75. The van der Waals surface area contributed by atoms with Crippen LogP contribution in [-0.4, -0.2) is 49.8 Å². The van der Waals surface area contributed by atoms with Gasteiger partial charge in [0.15, 0.2) is 0 Å². The average molecular weight is 272 g/mol. The number of ether oxygens (including phenoxy) is 1. The van der Waals surface area contributed by atoms with Gasteiger partial charge in [0, 0.05) is 32.6 Å². The summed E-state index contributed by atoms with van der Waals surface area (Å²) < 4.78 is 4.96. The Balaban J connectivity index is 2.13. The van der Waals surface area contributed by atoms with E-state index >= 15 is 0 Å². The van der Waals surface area contributed by atoms with Gasteiger partial charge in [0.25, 0.3) is 0 Å². The SMILES string of the molecule is COCC(CCO)NC(=O)CCNC(=O)C1CC1C. The Morgan fingerprint density at radius 3 is 2.68 bits per heavy atom. The van der Waals surface area contributed by atoms with Crippen molar-refractivity contribution < 1.29 is 19.4 Å². The van der Waals surface area contributed by atoms with Gasteiger partial charge in [-0.15, -0.1) is 0 Å². The van der Waals surface area contributed by atoms with E-state index in [9.17, 15) is 9.59 Å². The van der Waals surface area contributed by atoms with E-state index in [0.717, 1.165) is 6.42 Å². The summed E-state index contributed by atoms with van der Waals surface area (Å²) >= 11 is 0. The summed E-state index contributed by atoms with van der Waals surface area (Å²) in [6.45, 7) is 2.77. The normalized spacial score (nSPS) is 22.7. The van der Waals surface area contributed by atoms with E-state index in [1.807, 2.05) is 6.92 Å². The Hall–Kier alpha value is -1.14. The number of aliphatic hydroxyl groups is 1. The molecule has 0 saturated heterocycles. The Labute approximate surface area is 113 Å². The van der Waals surface area contributed by atoms with Crippen LogP contribution in [0.15, 0.2) is 0 Å². The lowest BCUT2D eigenvalue weighted by Crippen LogP contribution is -2.40. The number of nitrogens with one attached hydrogen (secondary N) is 2. The van der Waals surface area contributed by atoms with Gasteiger partial charge >= 0.3 is 0 Å². The van der Waals surface area contributed by atoms with Gasteiger partial charge in [-0.3, -0.25) is 9.59 Å². The highest BCUT2D eigenvalue weighted by molar-refractivity contribution is 5.82. The van der Waals surface area contributed by atoms with E-state index in [1.165, 1.54) is 0 Å². The Morgan fingerprint density at radius 2 is 2.16 bits per heavy atom.